The molecule has 11 nitrogen and oxygen atoms in total. The summed E-state index contributed by atoms with van der Waals surface area (Å²) in [6.45, 7) is 0. The normalized spacial score (nSPS) is 11.3. The summed E-state index contributed by atoms with van der Waals surface area (Å²) in [7, 11) is 0. The summed E-state index contributed by atoms with van der Waals surface area (Å²) in [4.78, 5) is 26.1. The molecule has 0 fully saturated rings. The van der Waals surface area contributed by atoms with Crippen molar-refractivity contribution < 1.29 is 23.6 Å². The van der Waals surface area contributed by atoms with Gasteiger partial charge in [-0.05, 0) is 12.1 Å². The number of amides is 2. The third-order valence-electron chi connectivity index (χ3n) is 2.67. The molecule has 2 rings (SSSR count). The van der Waals surface area contributed by atoms with E-state index in [9.17, 15) is 18.5 Å². The molecule has 1 unspecified atom stereocenters. The van der Waals surface area contributed by atoms with Crippen LogP contribution in [0.5, 0.6) is 0 Å². The summed E-state index contributed by atoms with van der Waals surface area (Å²) in [5.74, 6) is -2.68. The van der Waals surface area contributed by atoms with Crippen molar-refractivity contribution in [2.24, 2.45) is 5.73 Å². The predicted octanol–water partition coefficient (Wildman–Crippen LogP) is 0.635. The van der Waals surface area contributed by atoms with Crippen LogP contribution in [-0.2, 0) is 11.4 Å². The zero-order valence-corrected chi connectivity index (χ0v) is 14.3. The molecule has 0 aliphatic carbocycles. The van der Waals surface area contributed by atoms with E-state index in [4.69, 9.17) is 16.2 Å². The topological polar surface area (TPSA) is 188 Å². The molecular weight excluding hydrogens is 389 g/mol. The molecule has 14 heteroatoms. The molecule has 2 amide bonds. The maximum Gasteiger partial charge on any atom is 0.357 e. The van der Waals surface area contributed by atoms with Crippen molar-refractivity contribution in [2.75, 3.05) is 10.0 Å². The van der Waals surface area contributed by atoms with Crippen LogP contribution in [0, 0.1) is 11.2 Å². The van der Waals surface area contributed by atoms with E-state index in [-0.39, 0.29) is 21.3 Å². The number of carboxylic acids is 1. The minimum Gasteiger partial charge on any atom is -0.588 e. The van der Waals surface area contributed by atoms with Crippen molar-refractivity contribution in [3.8, 4) is 0 Å². The molecule has 0 spiro atoms. The Morgan fingerprint density at radius 1 is 1.38 bits per heavy atom. The van der Waals surface area contributed by atoms with Gasteiger partial charge in [0, 0.05) is 6.07 Å². The summed E-state index contributed by atoms with van der Waals surface area (Å²) in [5, 5.41) is 18.0. The first-order chi connectivity index (χ1) is 12.3. The van der Waals surface area contributed by atoms with Crippen molar-refractivity contribution >= 4 is 51.3 Å². The van der Waals surface area contributed by atoms with Gasteiger partial charge in [0.05, 0.1) is 11.2 Å². The number of benzene rings is 1. The second-order valence-electron chi connectivity index (χ2n) is 4.47. The number of guanidine groups is 1. The van der Waals surface area contributed by atoms with E-state index in [2.05, 4.69) is 15.0 Å². The second kappa shape index (κ2) is 8.32. The highest BCUT2D eigenvalue weighted by Gasteiger charge is 2.21. The van der Waals surface area contributed by atoms with Crippen LogP contribution in [0.2, 0.25) is 0 Å². The zero-order chi connectivity index (χ0) is 19.3. The molecule has 1 heterocycles. The summed E-state index contributed by atoms with van der Waals surface area (Å²) in [5.41, 5.74) is 9.75. The number of hydrogen-bond donors (Lipinski definition) is 7. The summed E-state index contributed by atoms with van der Waals surface area (Å²) >= 11 is -1.01. The first-order valence-corrected chi connectivity index (χ1v) is 8.62. The Labute approximate surface area is 152 Å². The second-order valence-corrected chi connectivity index (χ2v) is 6.53. The van der Waals surface area contributed by atoms with Gasteiger partial charge >= 0.3 is 12.0 Å². The molecule has 8 N–H and O–H groups in total. The Bertz CT molecular complexity index is 847. The Balaban J connectivity index is 2.06. The van der Waals surface area contributed by atoms with Crippen molar-refractivity contribution in [3.63, 3.8) is 0 Å². The van der Waals surface area contributed by atoms with Gasteiger partial charge in [-0.15, -0.1) is 11.3 Å². The van der Waals surface area contributed by atoms with E-state index in [0.717, 1.165) is 17.4 Å². The fraction of sp³-hybridized carbons (Fsp3) is 0. The fourth-order valence-electron chi connectivity index (χ4n) is 1.60. The number of halogens is 1. The highest BCUT2D eigenvalue weighted by molar-refractivity contribution is 7.93. The van der Waals surface area contributed by atoms with Crippen molar-refractivity contribution in [1.82, 2.24) is 15.8 Å². The quantitative estimate of drug-likeness (QED) is 0.164. The van der Waals surface area contributed by atoms with Crippen LogP contribution in [0.15, 0.2) is 28.6 Å². The molecule has 0 aliphatic heterocycles. The molecule has 0 saturated heterocycles. The monoisotopic (exact) mass is 401 g/mol. The SMILES string of the molecule is N=C(N)NNC(=O)Nc1ccc([S+]([O-])Nc2scnc2C(=O)O)cc1F. The number of nitrogens with zero attached hydrogens (tertiary/aromatic N) is 1. The number of nitrogens with one attached hydrogen (secondary N) is 5. The molecular formula is C12H12FN7O4S2. The lowest BCUT2D eigenvalue weighted by atomic mass is 10.3. The summed E-state index contributed by atoms with van der Waals surface area (Å²) in [6.07, 6.45) is 0. The van der Waals surface area contributed by atoms with Gasteiger partial charge in [0.25, 0.3) is 0 Å². The summed E-state index contributed by atoms with van der Waals surface area (Å²) in [6, 6.07) is 2.49. The number of nitrogens with two attached hydrogens (primary N) is 1. The number of thiazole rings is 1. The Kier molecular flexibility index (Phi) is 6.16. The molecule has 0 aliphatic rings. The highest BCUT2D eigenvalue weighted by Crippen LogP contribution is 2.25. The third-order valence-corrected chi connectivity index (χ3v) is 4.61. The lowest BCUT2D eigenvalue weighted by molar-refractivity contribution is 0.0692. The van der Waals surface area contributed by atoms with Gasteiger partial charge < -0.3 is 20.7 Å². The number of aromatic carboxylic acids is 1. The third kappa shape index (κ3) is 4.95. The van der Waals surface area contributed by atoms with Gasteiger partial charge in [0.1, 0.15) is 11.4 Å². The van der Waals surface area contributed by atoms with Gasteiger partial charge in [-0.2, -0.15) is 4.72 Å². The number of urea groups is 1. The number of hydrazine groups is 1. The first kappa shape index (κ1) is 19.2. The van der Waals surface area contributed by atoms with Gasteiger partial charge in [-0.25, -0.2) is 24.4 Å². The van der Waals surface area contributed by atoms with Crippen LogP contribution >= 0.6 is 11.3 Å². The van der Waals surface area contributed by atoms with E-state index >= 15 is 0 Å². The van der Waals surface area contributed by atoms with E-state index in [1.807, 2.05) is 10.9 Å². The van der Waals surface area contributed by atoms with Crippen LogP contribution in [-0.4, -0.2) is 32.6 Å². The lowest BCUT2D eigenvalue weighted by Gasteiger charge is -2.12. The van der Waals surface area contributed by atoms with Crippen molar-refractivity contribution in [1.29, 1.82) is 5.41 Å². The number of rotatable bonds is 5. The molecule has 138 valence electrons. The number of anilines is 2. The molecule has 0 bridgehead atoms. The van der Waals surface area contributed by atoms with Crippen LogP contribution in [0.3, 0.4) is 0 Å². The van der Waals surface area contributed by atoms with E-state index in [1.54, 1.807) is 0 Å². The number of carbonyl (C=O) groups excluding carboxylic acids is 1. The Hall–Kier alpha value is -3.10. The smallest absolute Gasteiger partial charge is 0.357 e. The van der Waals surface area contributed by atoms with E-state index in [1.165, 1.54) is 17.6 Å². The predicted molar refractivity (Wildman–Crippen MR) is 92.7 cm³/mol. The molecule has 2 aromatic rings. The Morgan fingerprint density at radius 3 is 2.73 bits per heavy atom. The van der Waals surface area contributed by atoms with Crippen LogP contribution in [0.4, 0.5) is 19.9 Å². The van der Waals surface area contributed by atoms with Crippen molar-refractivity contribution in [2.45, 2.75) is 4.90 Å². The standard InChI is InChI=1S/C12H12FN7O4S2/c13-6-3-5(1-2-7(6)17-12(23)19-18-11(14)15)26(24)20-9-8(10(21)22)16-4-25-9/h1-4,20H,(H,21,22)(H4,14,15,18)(H2,17,19,23). The van der Waals surface area contributed by atoms with Gasteiger partial charge in [0.2, 0.25) is 5.96 Å². The number of carbonyl (C=O) groups is 2. The van der Waals surface area contributed by atoms with Gasteiger partial charge in [-0.3, -0.25) is 10.8 Å². The number of hydrogen-bond acceptors (Lipinski definition) is 7. The maximum absolute atomic E-state index is 14.1. The van der Waals surface area contributed by atoms with Crippen LogP contribution < -0.4 is 26.6 Å². The molecule has 1 atom stereocenters. The number of aromatic nitrogens is 1. The average Bonchev–Trinajstić information content (AvgIpc) is 3.03. The minimum absolute atomic E-state index is 0.0139. The maximum atomic E-state index is 14.1. The average molecular weight is 401 g/mol. The fourth-order valence-corrected chi connectivity index (χ4v) is 3.32. The zero-order valence-electron chi connectivity index (χ0n) is 12.7. The lowest BCUT2D eigenvalue weighted by Crippen LogP contribution is -2.46. The molecule has 26 heavy (non-hydrogen) atoms. The largest absolute Gasteiger partial charge is 0.588 e. The minimum atomic E-state index is -1.95. The van der Waals surface area contributed by atoms with E-state index in [0.29, 0.717) is 0 Å². The van der Waals surface area contributed by atoms with Crippen molar-refractivity contribution in [3.05, 3.63) is 35.2 Å². The number of carboxylic acid groups (broad SMARTS) is 1. The Morgan fingerprint density at radius 2 is 2.12 bits per heavy atom. The molecule has 1 aromatic heterocycles. The molecule has 0 radical (unpaired) electrons. The summed E-state index contributed by atoms with van der Waals surface area (Å²) < 4.78 is 28.7. The first-order valence-electron chi connectivity index (χ1n) is 6.59. The molecule has 0 saturated carbocycles. The highest BCUT2D eigenvalue weighted by atomic mass is 32.2. The van der Waals surface area contributed by atoms with E-state index < -0.39 is 35.1 Å². The van der Waals surface area contributed by atoms with Gasteiger partial charge in [0.15, 0.2) is 21.4 Å². The van der Waals surface area contributed by atoms with Crippen LogP contribution in [0.1, 0.15) is 10.5 Å². The van der Waals surface area contributed by atoms with Gasteiger partial charge in [-0.1, -0.05) is 0 Å². The molecule has 1 aromatic carbocycles. The van der Waals surface area contributed by atoms with Crippen LogP contribution in [0.25, 0.3) is 0 Å².